The number of hydrogen-bond acceptors (Lipinski definition) is 6. The van der Waals surface area contributed by atoms with E-state index < -0.39 is 11.9 Å². The van der Waals surface area contributed by atoms with Crippen molar-refractivity contribution < 1.29 is 28.9 Å². The predicted molar refractivity (Wildman–Crippen MR) is 149 cm³/mol. The van der Waals surface area contributed by atoms with Crippen LogP contribution in [0.3, 0.4) is 0 Å². The Hall–Kier alpha value is -4.37. The number of methoxy groups -OCH3 is 1. The maximum Gasteiger partial charge on any atom is 0.335 e. The molecule has 8 nitrogen and oxygen atoms in total. The molecule has 194 valence electrons. The van der Waals surface area contributed by atoms with E-state index in [1.807, 2.05) is 37.3 Å². The zero-order valence-corrected chi connectivity index (χ0v) is 22.3. The molecule has 0 fully saturated rings. The van der Waals surface area contributed by atoms with E-state index in [1.165, 1.54) is 19.4 Å². The molecule has 0 heterocycles. The number of carboxylic acids is 1. The van der Waals surface area contributed by atoms with Crippen molar-refractivity contribution >= 4 is 44.8 Å². The molecule has 0 aromatic heterocycles. The van der Waals surface area contributed by atoms with Crippen molar-refractivity contribution in [1.29, 1.82) is 0 Å². The van der Waals surface area contributed by atoms with Gasteiger partial charge in [-0.3, -0.25) is 4.79 Å². The van der Waals surface area contributed by atoms with Gasteiger partial charge in [0.2, 0.25) is 0 Å². The van der Waals surface area contributed by atoms with E-state index in [1.54, 1.807) is 36.4 Å². The van der Waals surface area contributed by atoms with Crippen LogP contribution in [-0.4, -0.2) is 36.9 Å². The highest BCUT2D eigenvalue weighted by Crippen LogP contribution is 2.37. The maximum absolute atomic E-state index is 12.8. The fourth-order valence-corrected chi connectivity index (χ4v) is 4.38. The number of aromatic carboxylic acids is 1. The summed E-state index contributed by atoms with van der Waals surface area (Å²) in [7, 11) is 1.52. The van der Waals surface area contributed by atoms with Gasteiger partial charge in [0, 0.05) is 0 Å². The van der Waals surface area contributed by atoms with E-state index in [4.69, 9.17) is 14.2 Å². The average Bonchev–Trinajstić information content (AvgIpc) is 2.92. The van der Waals surface area contributed by atoms with Crippen LogP contribution < -0.4 is 19.6 Å². The van der Waals surface area contributed by atoms with Crippen LogP contribution in [0.2, 0.25) is 0 Å². The summed E-state index contributed by atoms with van der Waals surface area (Å²) in [5.74, 6) is -0.0163. The summed E-state index contributed by atoms with van der Waals surface area (Å²) in [6.45, 7) is 2.40. The molecule has 1 amide bonds. The summed E-state index contributed by atoms with van der Waals surface area (Å²) in [5.41, 5.74) is 4.47. The minimum atomic E-state index is -1.00. The number of ether oxygens (including phenoxy) is 3. The Balaban J connectivity index is 1.50. The van der Waals surface area contributed by atoms with Crippen LogP contribution in [0.15, 0.2) is 82.4 Å². The molecule has 0 saturated carbocycles. The number of halogens is 1. The number of carboxylic acid groups (broad SMARTS) is 1. The third-order valence-corrected chi connectivity index (χ3v) is 6.17. The lowest BCUT2D eigenvalue weighted by atomic mass is 10.1. The molecule has 9 heteroatoms. The van der Waals surface area contributed by atoms with Gasteiger partial charge in [-0.25, -0.2) is 10.2 Å². The molecule has 0 aliphatic heterocycles. The summed E-state index contributed by atoms with van der Waals surface area (Å²) in [6.07, 6.45) is 1.50. The minimum Gasteiger partial charge on any atom is -0.496 e. The molecule has 0 aliphatic carbocycles. The number of carbonyl (C=O) groups is 2. The van der Waals surface area contributed by atoms with Gasteiger partial charge in [-0.05, 0) is 81.2 Å². The summed E-state index contributed by atoms with van der Waals surface area (Å²) in [5, 5.41) is 15.2. The lowest BCUT2D eigenvalue weighted by Crippen LogP contribution is -2.18. The molecule has 4 rings (SSSR count). The molecule has 0 spiro atoms. The molecule has 0 bridgehead atoms. The average molecular weight is 577 g/mol. The van der Waals surface area contributed by atoms with Crippen LogP contribution in [0.25, 0.3) is 10.8 Å². The van der Waals surface area contributed by atoms with Crippen molar-refractivity contribution in [3.8, 4) is 17.2 Å². The van der Waals surface area contributed by atoms with Gasteiger partial charge in [0.15, 0.2) is 11.5 Å². The first-order valence-corrected chi connectivity index (χ1v) is 12.5. The Morgan fingerprint density at radius 3 is 2.45 bits per heavy atom. The second kappa shape index (κ2) is 12.2. The number of rotatable bonds is 10. The number of amides is 1. The van der Waals surface area contributed by atoms with Crippen molar-refractivity contribution in [2.45, 2.75) is 13.5 Å². The van der Waals surface area contributed by atoms with E-state index in [2.05, 4.69) is 26.5 Å². The minimum absolute atomic E-state index is 0.150. The summed E-state index contributed by atoms with van der Waals surface area (Å²) in [6, 6.07) is 21.3. The topological polar surface area (TPSA) is 106 Å². The summed E-state index contributed by atoms with van der Waals surface area (Å²) >= 11 is 3.51. The monoisotopic (exact) mass is 576 g/mol. The normalized spacial score (nSPS) is 10.9. The second-order valence-corrected chi connectivity index (χ2v) is 9.01. The first-order chi connectivity index (χ1) is 18.4. The number of hydrazone groups is 1. The molecule has 4 aromatic rings. The fraction of sp³-hybridized carbons (Fsp3) is 0.138. The van der Waals surface area contributed by atoms with E-state index in [-0.39, 0.29) is 12.2 Å². The van der Waals surface area contributed by atoms with Crippen LogP contribution in [-0.2, 0) is 6.61 Å². The number of carbonyl (C=O) groups excluding carboxylic acids is 1. The second-order valence-electron chi connectivity index (χ2n) is 8.16. The molecule has 0 atom stereocenters. The molecule has 0 saturated heterocycles. The van der Waals surface area contributed by atoms with E-state index in [0.29, 0.717) is 45.0 Å². The number of hydrogen-bond donors (Lipinski definition) is 2. The van der Waals surface area contributed by atoms with Gasteiger partial charge in [-0.1, -0.05) is 36.4 Å². The smallest absolute Gasteiger partial charge is 0.335 e. The third-order valence-electron chi connectivity index (χ3n) is 5.58. The quantitative estimate of drug-likeness (QED) is 0.176. The van der Waals surface area contributed by atoms with Crippen molar-refractivity contribution in [1.82, 2.24) is 5.43 Å². The molecule has 38 heavy (non-hydrogen) atoms. The number of nitrogens with zero attached hydrogens (tertiary/aromatic N) is 1. The SMILES string of the molecule is CCOc1cc(/C=N\NC(=O)c2cc3ccccc3cc2OC)cc(Br)c1OCc1cccc(C(=O)O)c1. The van der Waals surface area contributed by atoms with Gasteiger partial charge in [0.25, 0.3) is 5.91 Å². The summed E-state index contributed by atoms with van der Waals surface area (Å²) in [4.78, 5) is 24.1. The third kappa shape index (κ3) is 6.30. The van der Waals surface area contributed by atoms with E-state index >= 15 is 0 Å². The lowest BCUT2D eigenvalue weighted by molar-refractivity contribution is 0.0696. The lowest BCUT2D eigenvalue weighted by Gasteiger charge is -2.15. The van der Waals surface area contributed by atoms with Gasteiger partial charge < -0.3 is 19.3 Å². The van der Waals surface area contributed by atoms with Crippen molar-refractivity contribution in [3.63, 3.8) is 0 Å². The van der Waals surface area contributed by atoms with Crippen LogP contribution in [0.5, 0.6) is 17.2 Å². The van der Waals surface area contributed by atoms with Crippen LogP contribution >= 0.6 is 15.9 Å². The van der Waals surface area contributed by atoms with Gasteiger partial charge in [0.05, 0.1) is 35.5 Å². The highest BCUT2D eigenvalue weighted by atomic mass is 79.9. The van der Waals surface area contributed by atoms with Crippen molar-refractivity contribution in [2.75, 3.05) is 13.7 Å². The van der Waals surface area contributed by atoms with E-state index in [0.717, 1.165) is 10.8 Å². The van der Waals surface area contributed by atoms with E-state index in [9.17, 15) is 14.7 Å². The fourth-order valence-electron chi connectivity index (χ4n) is 3.81. The van der Waals surface area contributed by atoms with Gasteiger partial charge in [0.1, 0.15) is 12.4 Å². The first-order valence-electron chi connectivity index (χ1n) is 11.7. The van der Waals surface area contributed by atoms with Crippen LogP contribution in [0.4, 0.5) is 0 Å². The Bertz CT molecular complexity index is 1520. The largest absolute Gasteiger partial charge is 0.496 e. The zero-order valence-electron chi connectivity index (χ0n) is 20.7. The number of fused-ring (bicyclic) bond motifs is 1. The van der Waals surface area contributed by atoms with Gasteiger partial charge >= 0.3 is 5.97 Å². The molecule has 0 radical (unpaired) electrons. The van der Waals surface area contributed by atoms with Crippen LogP contribution in [0.1, 0.15) is 38.8 Å². The summed E-state index contributed by atoms with van der Waals surface area (Å²) < 4.78 is 17.7. The first kappa shape index (κ1) is 26.7. The Morgan fingerprint density at radius 1 is 0.974 bits per heavy atom. The Morgan fingerprint density at radius 2 is 1.74 bits per heavy atom. The molecular formula is C29H25BrN2O6. The van der Waals surface area contributed by atoms with Crippen molar-refractivity contribution in [3.05, 3.63) is 99.5 Å². The standard InChI is InChI=1S/C29H25BrN2O6/c1-3-37-26-13-19(12-24(30)27(26)38-17-18-7-6-10-22(11-18)29(34)35)16-31-32-28(33)23-14-20-8-4-5-9-21(20)15-25(23)36-2/h4-16H,3,17H2,1-2H3,(H,32,33)(H,34,35)/b31-16-. The molecule has 0 aliphatic rings. The zero-order chi connectivity index (χ0) is 27.1. The van der Waals surface area contributed by atoms with Gasteiger partial charge in [-0.15, -0.1) is 0 Å². The Kier molecular flexibility index (Phi) is 8.60. The molecule has 0 unspecified atom stereocenters. The highest BCUT2D eigenvalue weighted by Gasteiger charge is 2.15. The highest BCUT2D eigenvalue weighted by molar-refractivity contribution is 9.10. The predicted octanol–water partition coefficient (Wildman–Crippen LogP) is 6.05. The molecular weight excluding hydrogens is 552 g/mol. The number of nitrogens with one attached hydrogen (secondary N) is 1. The Labute approximate surface area is 228 Å². The maximum atomic E-state index is 12.8. The van der Waals surface area contributed by atoms with Crippen molar-refractivity contribution in [2.24, 2.45) is 5.10 Å². The molecule has 4 aromatic carbocycles. The van der Waals surface area contributed by atoms with Crippen LogP contribution in [0, 0.1) is 0 Å². The molecule has 2 N–H and O–H groups in total. The number of benzene rings is 4. The van der Waals surface area contributed by atoms with Gasteiger partial charge in [-0.2, -0.15) is 5.10 Å².